The minimum absolute atomic E-state index is 0.00582. The number of nitrogens with one attached hydrogen (secondary N) is 1. The fraction of sp³-hybridized carbons (Fsp3) is 0.833. The van der Waals surface area contributed by atoms with Gasteiger partial charge < -0.3 is 10.2 Å². The average Bonchev–Trinajstić information content (AvgIpc) is 2.24. The molecular weight excluding hydrogens is 218 g/mol. The molecule has 0 aromatic carbocycles. The first-order chi connectivity index (χ1) is 7.97. The normalized spacial score (nSPS) is 10.4. The van der Waals surface area contributed by atoms with Gasteiger partial charge in [0.2, 0.25) is 11.8 Å². The van der Waals surface area contributed by atoms with Crippen molar-refractivity contribution in [1.29, 1.82) is 0 Å². The number of likely N-dealkylation sites (N-methyl/N-ethyl adjacent to an activating group) is 2. The van der Waals surface area contributed by atoms with Crippen LogP contribution in [0.5, 0.6) is 0 Å². The third-order valence-corrected chi connectivity index (χ3v) is 2.42. The Labute approximate surface area is 104 Å². The number of carbonyl (C=O) groups excluding carboxylic acids is 2. The summed E-state index contributed by atoms with van der Waals surface area (Å²) >= 11 is 0. The molecule has 0 aromatic heterocycles. The molecule has 5 nitrogen and oxygen atoms in total. The Bertz CT molecular complexity index is 242. The summed E-state index contributed by atoms with van der Waals surface area (Å²) in [7, 11) is 5.19. The molecule has 0 aromatic rings. The van der Waals surface area contributed by atoms with E-state index in [2.05, 4.69) is 12.2 Å². The molecule has 0 rings (SSSR count). The second-order valence-corrected chi connectivity index (χ2v) is 4.52. The molecule has 1 N–H and O–H groups in total. The van der Waals surface area contributed by atoms with Gasteiger partial charge in [-0.1, -0.05) is 19.8 Å². The van der Waals surface area contributed by atoms with E-state index in [1.165, 1.54) is 4.90 Å². The second kappa shape index (κ2) is 8.98. The summed E-state index contributed by atoms with van der Waals surface area (Å²) in [6.45, 7) is 3.39. The van der Waals surface area contributed by atoms with Crippen molar-refractivity contribution in [2.45, 2.75) is 26.2 Å². The Balaban J connectivity index is 3.69. The predicted octanol–water partition coefficient (Wildman–Crippen LogP) is 0.313. The lowest BCUT2D eigenvalue weighted by Crippen LogP contribution is -2.40. The molecule has 0 aliphatic heterocycles. The van der Waals surface area contributed by atoms with Crippen molar-refractivity contribution in [2.75, 3.05) is 40.8 Å². The maximum absolute atomic E-state index is 11.5. The van der Waals surface area contributed by atoms with Crippen LogP contribution in [-0.4, -0.2) is 62.4 Å². The first kappa shape index (κ1) is 15.9. The summed E-state index contributed by atoms with van der Waals surface area (Å²) in [6, 6.07) is 0. The zero-order valence-corrected chi connectivity index (χ0v) is 11.5. The van der Waals surface area contributed by atoms with Crippen LogP contribution in [0.2, 0.25) is 0 Å². The van der Waals surface area contributed by atoms with E-state index in [0.717, 1.165) is 25.8 Å². The Hall–Kier alpha value is -1.10. The van der Waals surface area contributed by atoms with Gasteiger partial charge in [-0.15, -0.1) is 0 Å². The fourth-order valence-corrected chi connectivity index (χ4v) is 1.33. The van der Waals surface area contributed by atoms with E-state index in [1.807, 2.05) is 0 Å². The van der Waals surface area contributed by atoms with Crippen LogP contribution >= 0.6 is 0 Å². The topological polar surface area (TPSA) is 52.7 Å². The fourth-order valence-electron chi connectivity index (χ4n) is 1.33. The highest BCUT2D eigenvalue weighted by atomic mass is 16.2. The zero-order chi connectivity index (χ0) is 13.3. The van der Waals surface area contributed by atoms with Gasteiger partial charge in [0.15, 0.2) is 0 Å². The SMILES string of the molecule is CCCCCNC(=O)CN(C)CC(=O)N(C)C. The van der Waals surface area contributed by atoms with Crippen molar-refractivity contribution in [2.24, 2.45) is 0 Å². The highest BCUT2D eigenvalue weighted by Gasteiger charge is 2.11. The molecule has 0 heterocycles. The number of rotatable bonds is 8. The van der Waals surface area contributed by atoms with Crippen LogP contribution in [0.4, 0.5) is 0 Å². The maximum Gasteiger partial charge on any atom is 0.236 e. The monoisotopic (exact) mass is 243 g/mol. The molecule has 2 amide bonds. The van der Waals surface area contributed by atoms with Crippen molar-refractivity contribution in [1.82, 2.24) is 15.1 Å². The molecule has 0 spiro atoms. The molecule has 0 saturated carbocycles. The molecule has 0 aliphatic carbocycles. The number of hydrogen-bond acceptors (Lipinski definition) is 3. The maximum atomic E-state index is 11.5. The Morgan fingerprint density at radius 1 is 1.06 bits per heavy atom. The molecule has 0 aliphatic rings. The lowest BCUT2D eigenvalue weighted by molar-refractivity contribution is -0.130. The van der Waals surface area contributed by atoms with Gasteiger partial charge in [-0.3, -0.25) is 14.5 Å². The first-order valence-electron chi connectivity index (χ1n) is 6.12. The molecule has 0 saturated heterocycles. The largest absolute Gasteiger partial charge is 0.355 e. The van der Waals surface area contributed by atoms with Gasteiger partial charge in [-0.05, 0) is 13.5 Å². The summed E-state index contributed by atoms with van der Waals surface area (Å²) in [5.41, 5.74) is 0. The Morgan fingerprint density at radius 3 is 2.24 bits per heavy atom. The van der Waals surface area contributed by atoms with Crippen molar-refractivity contribution in [3.8, 4) is 0 Å². The minimum Gasteiger partial charge on any atom is -0.355 e. The van der Waals surface area contributed by atoms with E-state index in [1.54, 1.807) is 26.0 Å². The van der Waals surface area contributed by atoms with Crippen LogP contribution < -0.4 is 5.32 Å². The van der Waals surface area contributed by atoms with E-state index in [0.29, 0.717) is 0 Å². The summed E-state index contributed by atoms with van der Waals surface area (Å²) in [4.78, 5) is 26.1. The molecule has 0 atom stereocenters. The number of hydrogen-bond donors (Lipinski definition) is 1. The third kappa shape index (κ3) is 8.68. The van der Waals surface area contributed by atoms with Gasteiger partial charge in [-0.25, -0.2) is 0 Å². The molecule has 100 valence electrons. The molecular formula is C12H25N3O2. The predicted molar refractivity (Wildman–Crippen MR) is 68.7 cm³/mol. The standard InChI is InChI=1S/C12H25N3O2/c1-5-6-7-8-13-11(16)9-15(4)10-12(17)14(2)3/h5-10H2,1-4H3,(H,13,16). The van der Waals surface area contributed by atoms with E-state index in [-0.39, 0.29) is 24.9 Å². The smallest absolute Gasteiger partial charge is 0.236 e. The summed E-state index contributed by atoms with van der Waals surface area (Å²) < 4.78 is 0. The molecule has 5 heteroatoms. The lowest BCUT2D eigenvalue weighted by atomic mass is 10.2. The van der Waals surface area contributed by atoms with Crippen LogP contribution in [0.25, 0.3) is 0 Å². The van der Waals surface area contributed by atoms with E-state index < -0.39 is 0 Å². The zero-order valence-electron chi connectivity index (χ0n) is 11.5. The third-order valence-electron chi connectivity index (χ3n) is 2.42. The van der Waals surface area contributed by atoms with Gasteiger partial charge in [0.05, 0.1) is 13.1 Å². The number of carbonyl (C=O) groups is 2. The number of nitrogens with zero attached hydrogens (tertiary/aromatic N) is 2. The van der Waals surface area contributed by atoms with E-state index in [4.69, 9.17) is 0 Å². The Morgan fingerprint density at radius 2 is 1.71 bits per heavy atom. The number of unbranched alkanes of at least 4 members (excludes halogenated alkanes) is 2. The number of amides is 2. The van der Waals surface area contributed by atoms with Crippen LogP contribution in [0.1, 0.15) is 26.2 Å². The van der Waals surface area contributed by atoms with Gasteiger partial charge >= 0.3 is 0 Å². The molecule has 0 radical (unpaired) electrons. The highest BCUT2D eigenvalue weighted by Crippen LogP contribution is 1.91. The van der Waals surface area contributed by atoms with E-state index >= 15 is 0 Å². The van der Waals surface area contributed by atoms with Gasteiger partial charge in [-0.2, -0.15) is 0 Å². The Kier molecular flexibility index (Phi) is 8.40. The van der Waals surface area contributed by atoms with Crippen LogP contribution in [0, 0.1) is 0 Å². The van der Waals surface area contributed by atoms with Crippen LogP contribution in [0.15, 0.2) is 0 Å². The molecule has 0 unspecified atom stereocenters. The van der Waals surface area contributed by atoms with Crippen LogP contribution in [0.3, 0.4) is 0 Å². The summed E-state index contributed by atoms with van der Waals surface area (Å²) in [5, 5.41) is 2.85. The summed E-state index contributed by atoms with van der Waals surface area (Å²) in [6.07, 6.45) is 3.30. The van der Waals surface area contributed by atoms with E-state index in [9.17, 15) is 9.59 Å². The average molecular weight is 243 g/mol. The summed E-state index contributed by atoms with van der Waals surface area (Å²) in [5.74, 6) is -0.0126. The van der Waals surface area contributed by atoms with Crippen molar-refractivity contribution >= 4 is 11.8 Å². The first-order valence-corrected chi connectivity index (χ1v) is 6.12. The van der Waals surface area contributed by atoms with Gasteiger partial charge in [0.25, 0.3) is 0 Å². The second-order valence-electron chi connectivity index (χ2n) is 4.52. The highest BCUT2D eigenvalue weighted by molar-refractivity contribution is 5.80. The quantitative estimate of drug-likeness (QED) is 0.624. The minimum atomic E-state index is -0.0184. The van der Waals surface area contributed by atoms with Crippen LogP contribution in [-0.2, 0) is 9.59 Å². The molecule has 17 heavy (non-hydrogen) atoms. The lowest BCUT2D eigenvalue weighted by Gasteiger charge is -2.18. The molecule has 0 bridgehead atoms. The van der Waals surface area contributed by atoms with Gasteiger partial charge in [0, 0.05) is 20.6 Å². The van der Waals surface area contributed by atoms with Crippen molar-refractivity contribution in [3.63, 3.8) is 0 Å². The molecule has 0 fully saturated rings. The van der Waals surface area contributed by atoms with Crippen molar-refractivity contribution in [3.05, 3.63) is 0 Å². The van der Waals surface area contributed by atoms with Gasteiger partial charge in [0.1, 0.15) is 0 Å². The van der Waals surface area contributed by atoms with Crippen molar-refractivity contribution < 1.29 is 9.59 Å².